The van der Waals surface area contributed by atoms with Crippen molar-refractivity contribution < 1.29 is 14.3 Å². The lowest BCUT2D eigenvalue weighted by molar-refractivity contribution is 0.174. The monoisotopic (exact) mass is 365 g/mol. The maximum absolute atomic E-state index is 12.1. The maximum atomic E-state index is 12.1. The summed E-state index contributed by atoms with van der Waals surface area (Å²) >= 11 is 0. The molecule has 1 aliphatic rings. The van der Waals surface area contributed by atoms with Gasteiger partial charge < -0.3 is 24.7 Å². The molecule has 0 aliphatic carbocycles. The second kappa shape index (κ2) is 7.61. The quantitative estimate of drug-likeness (QED) is 0.653. The molecular weight excluding hydrogens is 342 g/mol. The molecule has 140 valence electrons. The molecule has 27 heavy (non-hydrogen) atoms. The number of aryl methyl sites for hydroxylation is 1. The molecular formula is C21H23N3O3. The molecule has 0 saturated carbocycles. The number of para-hydroxylation sites is 1. The van der Waals surface area contributed by atoms with Crippen molar-refractivity contribution in [1.82, 2.24) is 15.2 Å². The number of ether oxygens (including phenoxy) is 2. The molecule has 2 N–H and O–H groups in total. The van der Waals surface area contributed by atoms with Gasteiger partial charge in [-0.1, -0.05) is 24.3 Å². The van der Waals surface area contributed by atoms with Gasteiger partial charge in [-0.2, -0.15) is 0 Å². The van der Waals surface area contributed by atoms with Crippen molar-refractivity contribution in [3.8, 4) is 11.5 Å². The van der Waals surface area contributed by atoms with Gasteiger partial charge in [0.15, 0.2) is 11.5 Å². The highest BCUT2D eigenvalue weighted by Crippen LogP contribution is 2.34. The van der Waals surface area contributed by atoms with Crippen LogP contribution in [0.1, 0.15) is 24.9 Å². The van der Waals surface area contributed by atoms with Crippen LogP contribution in [0.3, 0.4) is 0 Å². The van der Waals surface area contributed by atoms with E-state index in [-0.39, 0.29) is 18.9 Å². The minimum Gasteiger partial charge on any atom is -0.454 e. The zero-order chi connectivity index (χ0) is 18.6. The van der Waals surface area contributed by atoms with E-state index in [2.05, 4.69) is 39.6 Å². The molecule has 0 spiro atoms. The minimum absolute atomic E-state index is 0.118. The van der Waals surface area contributed by atoms with E-state index in [9.17, 15) is 4.79 Å². The van der Waals surface area contributed by atoms with E-state index < -0.39 is 0 Å². The van der Waals surface area contributed by atoms with E-state index in [0.717, 1.165) is 30.0 Å². The highest BCUT2D eigenvalue weighted by Gasteiger charge is 2.16. The van der Waals surface area contributed by atoms with Crippen LogP contribution in [-0.4, -0.2) is 23.9 Å². The fourth-order valence-corrected chi connectivity index (χ4v) is 3.30. The summed E-state index contributed by atoms with van der Waals surface area (Å²) in [6, 6.07) is 15.8. The molecule has 6 nitrogen and oxygen atoms in total. The Hall–Kier alpha value is -3.15. The van der Waals surface area contributed by atoms with E-state index in [4.69, 9.17) is 9.47 Å². The van der Waals surface area contributed by atoms with Crippen molar-refractivity contribution >= 4 is 16.9 Å². The molecule has 1 unspecified atom stereocenters. The van der Waals surface area contributed by atoms with Gasteiger partial charge in [-0.25, -0.2) is 4.79 Å². The number of nitrogens with zero attached hydrogens (tertiary/aromatic N) is 1. The summed E-state index contributed by atoms with van der Waals surface area (Å²) in [4.78, 5) is 12.1. The lowest BCUT2D eigenvalue weighted by Crippen LogP contribution is -2.37. The molecule has 0 bridgehead atoms. The van der Waals surface area contributed by atoms with Crippen LogP contribution in [0.25, 0.3) is 10.9 Å². The van der Waals surface area contributed by atoms with Crippen LogP contribution in [0.4, 0.5) is 4.79 Å². The van der Waals surface area contributed by atoms with Gasteiger partial charge in [0.1, 0.15) is 0 Å². The van der Waals surface area contributed by atoms with Gasteiger partial charge in [-0.15, -0.1) is 0 Å². The number of carbonyl (C=O) groups excluding carboxylic acids is 1. The minimum atomic E-state index is -0.169. The molecule has 0 fully saturated rings. The van der Waals surface area contributed by atoms with Crippen molar-refractivity contribution in [1.29, 1.82) is 0 Å². The summed E-state index contributed by atoms with van der Waals surface area (Å²) in [5, 5.41) is 7.12. The average molecular weight is 365 g/mol. The van der Waals surface area contributed by atoms with Crippen molar-refractivity contribution in [3.05, 3.63) is 60.3 Å². The Labute approximate surface area is 158 Å². The number of amides is 2. The van der Waals surface area contributed by atoms with Crippen LogP contribution in [0, 0.1) is 0 Å². The van der Waals surface area contributed by atoms with E-state index in [0.29, 0.717) is 6.54 Å². The number of hydrogen-bond acceptors (Lipinski definition) is 3. The summed E-state index contributed by atoms with van der Waals surface area (Å²) in [6.07, 6.45) is 2.96. The first-order valence-electron chi connectivity index (χ1n) is 9.18. The largest absolute Gasteiger partial charge is 0.454 e. The van der Waals surface area contributed by atoms with Gasteiger partial charge in [0.2, 0.25) is 6.79 Å². The Morgan fingerprint density at radius 3 is 2.93 bits per heavy atom. The zero-order valence-corrected chi connectivity index (χ0v) is 15.3. The van der Waals surface area contributed by atoms with Crippen LogP contribution in [0.2, 0.25) is 0 Å². The Kier molecular flexibility index (Phi) is 4.87. The number of nitrogens with one attached hydrogen (secondary N) is 2. The van der Waals surface area contributed by atoms with E-state index in [1.54, 1.807) is 0 Å². The third-order valence-corrected chi connectivity index (χ3v) is 4.79. The van der Waals surface area contributed by atoms with Crippen LogP contribution in [-0.2, 0) is 6.54 Å². The number of urea groups is 1. The number of aromatic nitrogens is 1. The highest BCUT2D eigenvalue weighted by molar-refractivity contribution is 5.79. The molecule has 2 amide bonds. The third kappa shape index (κ3) is 3.84. The summed E-state index contributed by atoms with van der Waals surface area (Å²) in [5.74, 6) is 1.47. The fourth-order valence-electron chi connectivity index (χ4n) is 3.30. The first kappa shape index (κ1) is 17.3. The first-order valence-corrected chi connectivity index (χ1v) is 9.18. The first-order chi connectivity index (χ1) is 13.2. The predicted octanol–water partition coefficient (Wildman–Crippen LogP) is 3.82. The van der Waals surface area contributed by atoms with Crippen molar-refractivity contribution in [2.45, 2.75) is 25.9 Å². The topological polar surface area (TPSA) is 64.5 Å². The average Bonchev–Trinajstić information content (AvgIpc) is 3.31. The zero-order valence-electron chi connectivity index (χ0n) is 15.3. The van der Waals surface area contributed by atoms with Crippen LogP contribution in [0.15, 0.2) is 54.7 Å². The Morgan fingerprint density at radius 2 is 2.00 bits per heavy atom. The molecule has 3 aromatic rings. The van der Waals surface area contributed by atoms with Gasteiger partial charge in [0.05, 0.1) is 6.04 Å². The van der Waals surface area contributed by atoms with Gasteiger partial charge in [0.25, 0.3) is 0 Å². The molecule has 1 aliphatic heterocycles. The highest BCUT2D eigenvalue weighted by atomic mass is 16.7. The molecule has 6 heteroatoms. The van der Waals surface area contributed by atoms with E-state index in [1.807, 2.05) is 37.3 Å². The van der Waals surface area contributed by atoms with E-state index >= 15 is 0 Å². The van der Waals surface area contributed by atoms with Crippen LogP contribution >= 0.6 is 0 Å². The standard InChI is InChI=1S/C21H23N3O3/c1-15(17-7-8-19-20(13-17)27-14-26-19)23-21(25)22-10-4-11-24-12-9-16-5-2-3-6-18(16)24/h2-3,5-9,12-13,15H,4,10-11,14H2,1H3,(H2,22,23,25). The van der Waals surface area contributed by atoms with Crippen molar-refractivity contribution in [2.75, 3.05) is 13.3 Å². The number of carbonyl (C=O) groups is 1. The summed E-state index contributed by atoms with van der Waals surface area (Å²) in [5.41, 5.74) is 2.20. The van der Waals surface area contributed by atoms with Gasteiger partial charge in [-0.05, 0) is 48.6 Å². The number of benzene rings is 2. The summed E-state index contributed by atoms with van der Waals surface area (Å²) in [6.45, 7) is 3.68. The Balaban J connectivity index is 1.23. The Morgan fingerprint density at radius 1 is 1.15 bits per heavy atom. The molecule has 0 radical (unpaired) electrons. The number of hydrogen-bond donors (Lipinski definition) is 2. The van der Waals surface area contributed by atoms with Gasteiger partial charge >= 0.3 is 6.03 Å². The molecule has 2 heterocycles. The summed E-state index contributed by atoms with van der Waals surface area (Å²) < 4.78 is 12.9. The SMILES string of the molecule is CC(NC(=O)NCCCn1ccc2ccccc21)c1ccc2c(c1)OCO2. The lowest BCUT2D eigenvalue weighted by atomic mass is 10.1. The van der Waals surface area contributed by atoms with Crippen molar-refractivity contribution in [2.24, 2.45) is 0 Å². The van der Waals surface area contributed by atoms with Gasteiger partial charge in [0, 0.05) is 24.8 Å². The predicted molar refractivity (Wildman–Crippen MR) is 104 cm³/mol. The van der Waals surface area contributed by atoms with Crippen molar-refractivity contribution in [3.63, 3.8) is 0 Å². The number of rotatable bonds is 6. The third-order valence-electron chi connectivity index (χ3n) is 4.79. The van der Waals surface area contributed by atoms with Gasteiger partial charge in [-0.3, -0.25) is 0 Å². The molecule has 4 rings (SSSR count). The molecule has 1 aromatic heterocycles. The fraction of sp³-hybridized carbons (Fsp3) is 0.286. The smallest absolute Gasteiger partial charge is 0.315 e. The van der Waals surface area contributed by atoms with Crippen LogP contribution in [0.5, 0.6) is 11.5 Å². The Bertz CT molecular complexity index is 951. The number of fused-ring (bicyclic) bond motifs is 2. The normalized spacial score (nSPS) is 13.5. The van der Waals surface area contributed by atoms with E-state index in [1.165, 1.54) is 10.9 Å². The molecule has 0 saturated heterocycles. The maximum Gasteiger partial charge on any atom is 0.315 e. The summed E-state index contributed by atoms with van der Waals surface area (Å²) in [7, 11) is 0. The lowest BCUT2D eigenvalue weighted by Gasteiger charge is -2.15. The molecule has 2 aromatic carbocycles. The van der Waals surface area contributed by atoms with Crippen LogP contribution < -0.4 is 20.1 Å². The molecule has 1 atom stereocenters. The second-order valence-corrected chi connectivity index (χ2v) is 6.66. The second-order valence-electron chi connectivity index (χ2n) is 6.66.